The number of hydrogen-bond donors (Lipinski definition) is 0. The highest BCUT2D eigenvalue weighted by molar-refractivity contribution is 7.90. The Balaban J connectivity index is 2.37. The molecule has 1 aromatic rings. The third-order valence-electron chi connectivity index (χ3n) is 3.86. The molecule has 1 heterocycles. The maximum absolute atomic E-state index is 12.7. The maximum atomic E-state index is 12.7. The predicted molar refractivity (Wildman–Crippen MR) is 77.2 cm³/mol. The topological polar surface area (TPSA) is 80.5 Å². The van der Waals surface area contributed by atoms with Crippen LogP contribution < -0.4 is 4.90 Å². The van der Waals surface area contributed by atoms with Gasteiger partial charge in [0.25, 0.3) is 0 Å². The minimum Gasteiger partial charge on any atom is -0.366 e. The average Bonchev–Trinajstić information content (AvgIpc) is 2.44. The van der Waals surface area contributed by atoms with Crippen molar-refractivity contribution in [3.63, 3.8) is 0 Å². The molecule has 128 valence electrons. The van der Waals surface area contributed by atoms with Crippen LogP contribution in [0.5, 0.6) is 0 Å². The van der Waals surface area contributed by atoms with E-state index in [2.05, 4.69) is 0 Å². The van der Waals surface area contributed by atoms with Crippen LogP contribution >= 0.6 is 0 Å². The molecule has 0 aromatic heterocycles. The summed E-state index contributed by atoms with van der Waals surface area (Å²) in [5, 5.41) is 11.3. The van der Waals surface area contributed by atoms with Crippen LogP contribution in [0.2, 0.25) is 0 Å². The number of alkyl halides is 3. The van der Waals surface area contributed by atoms with Gasteiger partial charge in [0.15, 0.2) is 9.84 Å². The minimum atomic E-state index is -4.29. The lowest BCUT2D eigenvalue weighted by Gasteiger charge is -2.34. The zero-order chi connectivity index (χ0) is 17.4. The molecule has 0 spiro atoms. The van der Waals surface area contributed by atoms with Gasteiger partial charge in [-0.15, -0.1) is 0 Å². The minimum absolute atomic E-state index is 0.0156. The Morgan fingerprint density at radius 3 is 2.26 bits per heavy atom. The second kappa shape index (κ2) is 5.99. The van der Waals surface area contributed by atoms with Gasteiger partial charge in [0.2, 0.25) is 0 Å². The Hall–Kier alpha value is -1.84. The molecule has 2 rings (SSSR count). The lowest BCUT2D eigenvalue weighted by atomic mass is 9.96. The molecule has 0 atom stereocenters. The van der Waals surface area contributed by atoms with Crippen molar-refractivity contribution >= 4 is 21.2 Å². The van der Waals surface area contributed by atoms with Gasteiger partial charge in [-0.1, -0.05) is 6.07 Å². The quantitative estimate of drug-likeness (QED) is 0.617. The molecule has 6 nitrogen and oxygen atoms in total. The summed E-state index contributed by atoms with van der Waals surface area (Å²) >= 11 is 0. The Morgan fingerprint density at radius 2 is 1.83 bits per heavy atom. The van der Waals surface area contributed by atoms with Crippen LogP contribution in [0.4, 0.5) is 24.5 Å². The molecule has 0 amide bonds. The Labute approximate surface area is 131 Å². The standard InChI is InChI=1S/C13H15F3N2O4S/c1-23(21,22)11-4-2-3-10(12(11)18(19)20)17-7-5-9(6-8-17)13(14,15)16/h2-4,9H,5-8H2,1H3. The molecule has 0 unspecified atom stereocenters. The van der Waals surface area contributed by atoms with Crippen molar-refractivity contribution in [1.29, 1.82) is 0 Å². The number of anilines is 1. The summed E-state index contributed by atoms with van der Waals surface area (Å²) in [5.41, 5.74) is -0.543. The normalized spacial score (nSPS) is 17.3. The molecular formula is C13H15F3N2O4S. The molecule has 1 fully saturated rings. The van der Waals surface area contributed by atoms with Gasteiger partial charge in [0, 0.05) is 19.3 Å². The van der Waals surface area contributed by atoms with Crippen LogP contribution in [0.15, 0.2) is 23.1 Å². The molecule has 23 heavy (non-hydrogen) atoms. The van der Waals surface area contributed by atoms with E-state index in [0.717, 1.165) is 12.3 Å². The summed E-state index contributed by atoms with van der Waals surface area (Å²) < 4.78 is 61.5. The summed E-state index contributed by atoms with van der Waals surface area (Å²) in [5.74, 6) is -1.43. The van der Waals surface area contributed by atoms with Crippen molar-refractivity contribution < 1.29 is 26.5 Å². The van der Waals surface area contributed by atoms with Gasteiger partial charge in [0.05, 0.1) is 10.8 Å². The van der Waals surface area contributed by atoms with E-state index in [1.165, 1.54) is 17.0 Å². The Morgan fingerprint density at radius 1 is 1.26 bits per heavy atom. The molecule has 1 aromatic carbocycles. The van der Waals surface area contributed by atoms with E-state index < -0.39 is 37.4 Å². The Bertz CT molecular complexity index is 710. The SMILES string of the molecule is CS(=O)(=O)c1cccc(N2CCC(C(F)(F)F)CC2)c1[N+](=O)[O-]. The fourth-order valence-corrected chi connectivity index (χ4v) is 3.55. The first-order valence-corrected chi connectivity index (χ1v) is 8.70. The van der Waals surface area contributed by atoms with Crippen LogP contribution in [0.25, 0.3) is 0 Å². The summed E-state index contributed by atoms with van der Waals surface area (Å²) in [6.45, 7) is -0.0313. The van der Waals surface area contributed by atoms with Crippen LogP contribution in [0.1, 0.15) is 12.8 Å². The van der Waals surface area contributed by atoms with Crippen LogP contribution in [-0.4, -0.2) is 38.9 Å². The average molecular weight is 352 g/mol. The summed E-state index contributed by atoms with van der Waals surface area (Å²) in [4.78, 5) is 11.5. The molecule has 0 aliphatic carbocycles. The van der Waals surface area contributed by atoms with E-state index in [0.29, 0.717) is 0 Å². The maximum Gasteiger partial charge on any atom is 0.391 e. The first kappa shape index (κ1) is 17.5. The number of benzene rings is 1. The number of nitrogens with zero attached hydrogens (tertiary/aromatic N) is 2. The van der Waals surface area contributed by atoms with Crippen molar-refractivity contribution in [2.24, 2.45) is 5.92 Å². The van der Waals surface area contributed by atoms with Crippen molar-refractivity contribution in [3.05, 3.63) is 28.3 Å². The van der Waals surface area contributed by atoms with Gasteiger partial charge in [-0.3, -0.25) is 10.1 Å². The summed E-state index contributed by atoms with van der Waals surface area (Å²) in [7, 11) is -3.82. The highest BCUT2D eigenvalue weighted by Crippen LogP contribution is 2.39. The number of sulfone groups is 1. The number of piperidine rings is 1. The molecule has 0 bridgehead atoms. The molecule has 0 saturated carbocycles. The third-order valence-corrected chi connectivity index (χ3v) is 4.99. The van der Waals surface area contributed by atoms with Gasteiger partial charge in [-0.25, -0.2) is 8.42 Å². The third kappa shape index (κ3) is 3.74. The highest BCUT2D eigenvalue weighted by Gasteiger charge is 2.42. The van der Waals surface area contributed by atoms with E-state index >= 15 is 0 Å². The second-order valence-electron chi connectivity index (χ2n) is 5.46. The van der Waals surface area contributed by atoms with Gasteiger partial charge in [-0.2, -0.15) is 13.2 Å². The van der Waals surface area contributed by atoms with E-state index in [9.17, 15) is 31.7 Å². The first-order valence-electron chi connectivity index (χ1n) is 6.81. The number of hydrogen-bond acceptors (Lipinski definition) is 5. The first-order chi connectivity index (χ1) is 10.5. The van der Waals surface area contributed by atoms with Crippen LogP contribution in [0, 0.1) is 16.0 Å². The molecule has 0 N–H and O–H groups in total. The van der Waals surface area contributed by atoms with Gasteiger partial charge >= 0.3 is 11.9 Å². The highest BCUT2D eigenvalue weighted by atomic mass is 32.2. The molecule has 0 radical (unpaired) electrons. The van der Waals surface area contributed by atoms with E-state index in [-0.39, 0.29) is 31.6 Å². The monoisotopic (exact) mass is 352 g/mol. The summed E-state index contributed by atoms with van der Waals surface area (Å²) in [6.07, 6.45) is -3.78. The molecule has 10 heteroatoms. The van der Waals surface area contributed by atoms with E-state index in [1.807, 2.05) is 0 Å². The van der Waals surface area contributed by atoms with Crippen molar-refractivity contribution in [1.82, 2.24) is 0 Å². The smallest absolute Gasteiger partial charge is 0.366 e. The lowest BCUT2D eigenvalue weighted by molar-refractivity contribution is -0.387. The Kier molecular flexibility index (Phi) is 4.56. The summed E-state index contributed by atoms with van der Waals surface area (Å²) in [6, 6.07) is 3.84. The number of halogens is 3. The van der Waals surface area contributed by atoms with E-state index in [4.69, 9.17) is 0 Å². The van der Waals surface area contributed by atoms with Gasteiger partial charge < -0.3 is 4.90 Å². The largest absolute Gasteiger partial charge is 0.391 e. The molecule has 1 saturated heterocycles. The van der Waals surface area contributed by atoms with E-state index in [1.54, 1.807) is 0 Å². The molecule has 1 aliphatic rings. The molecular weight excluding hydrogens is 337 g/mol. The fraction of sp³-hybridized carbons (Fsp3) is 0.538. The number of nitro benzene ring substituents is 1. The zero-order valence-electron chi connectivity index (χ0n) is 12.2. The van der Waals surface area contributed by atoms with Crippen molar-refractivity contribution in [3.8, 4) is 0 Å². The van der Waals surface area contributed by atoms with Crippen molar-refractivity contribution in [2.45, 2.75) is 23.9 Å². The molecule has 1 aliphatic heterocycles. The number of rotatable bonds is 3. The fourth-order valence-electron chi connectivity index (χ4n) is 2.70. The van der Waals surface area contributed by atoms with Crippen LogP contribution in [0.3, 0.4) is 0 Å². The van der Waals surface area contributed by atoms with Gasteiger partial charge in [-0.05, 0) is 25.0 Å². The predicted octanol–water partition coefficient (Wildman–Crippen LogP) is 2.78. The lowest BCUT2D eigenvalue weighted by Crippen LogP contribution is -2.39. The van der Waals surface area contributed by atoms with Gasteiger partial charge in [0.1, 0.15) is 10.6 Å². The number of para-hydroxylation sites is 1. The second-order valence-corrected chi connectivity index (χ2v) is 7.44. The zero-order valence-corrected chi connectivity index (χ0v) is 13.0. The van der Waals surface area contributed by atoms with Crippen molar-refractivity contribution in [2.75, 3.05) is 24.2 Å². The number of nitro groups is 1. The van der Waals surface area contributed by atoms with Crippen LogP contribution in [-0.2, 0) is 9.84 Å².